The van der Waals surface area contributed by atoms with E-state index in [9.17, 15) is 18.0 Å². The first-order chi connectivity index (χ1) is 15.8. The summed E-state index contributed by atoms with van der Waals surface area (Å²) in [5.41, 5.74) is 1.23. The fraction of sp³-hybridized carbons (Fsp3) is 0.346. The number of rotatable bonds is 10. The van der Waals surface area contributed by atoms with Crippen LogP contribution in [0.4, 0.5) is 13.2 Å². The third-order valence-electron chi connectivity index (χ3n) is 5.54. The van der Waals surface area contributed by atoms with E-state index in [2.05, 4.69) is 6.92 Å². The fourth-order valence-corrected chi connectivity index (χ4v) is 3.78. The molecular weight excluding hydrogens is 429 g/mol. The highest BCUT2D eigenvalue weighted by atomic mass is 19.4. The van der Waals surface area contributed by atoms with Gasteiger partial charge < -0.3 is 14.2 Å². The second-order valence-electron chi connectivity index (χ2n) is 7.96. The number of para-hydroxylation sites is 1. The van der Waals surface area contributed by atoms with Crippen LogP contribution in [-0.4, -0.2) is 29.0 Å². The maximum atomic E-state index is 13.4. The summed E-state index contributed by atoms with van der Waals surface area (Å²) < 4.78 is 46.5. The number of benzene rings is 2. The lowest BCUT2D eigenvalue weighted by Gasteiger charge is -2.24. The molecule has 2 aromatic carbocycles. The van der Waals surface area contributed by atoms with Crippen LogP contribution in [0, 0.1) is 0 Å². The Morgan fingerprint density at radius 2 is 1.82 bits per heavy atom. The minimum Gasteiger partial charge on any atom is -0.496 e. The van der Waals surface area contributed by atoms with Gasteiger partial charge in [-0.1, -0.05) is 44.0 Å². The van der Waals surface area contributed by atoms with Gasteiger partial charge in [-0.25, -0.2) is 0 Å². The lowest BCUT2D eigenvalue weighted by atomic mass is 10.1. The van der Waals surface area contributed by atoms with Crippen LogP contribution in [0.25, 0.3) is 0 Å². The first-order valence-electron chi connectivity index (χ1n) is 11.1. The first-order valence-corrected chi connectivity index (χ1v) is 11.1. The van der Waals surface area contributed by atoms with E-state index in [1.54, 1.807) is 29.2 Å². The molecule has 7 heteroatoms. The second-order valence-corrected chi connectivity index (χ2v) is 7.96. The van der Waals surface area contributed by atoms with Crippen LogP contribution < -0.4 is 4.74 Å². The van der Waals surface area contributed by atoms with Crippen molar-refractivity contribution in [2.24, 2.45) is 0 Å². The molecule has 4 nitrogen and oxygen atoms in total. The van der Waals surface area contributed by atoms with Crippen LogP contribution in [0.15, 0.2) is 66.9 Å². The SMILES string of the molecule is CCCCCN(Cc1cccn1Cc1cccc(C(F)(F)F)c1)C(=O)c1ccccc1OC. The summed E-state index contributed by atoms with van der Waals surface area (Å²) in [5.74, 6) is 0.387. The lowest BCUT2D eigenvalue weighted by Crippen LogP contribution is -2.32. The highest BCUT2D eigenvalue weighted by molar-refractivity contribution is 5.96. The molecule has 1 amide bonds. The molecule has 0 N–H and O–H groups in total. The number of alkyl halides is 3. The van der Waals surface area contributed by atoms with Gasteiger partial charge in [0.05, 0.1) is 24.8 Å². The molecule has 176 valence electrons. The van der Waals surface area contributed by atoms with E-state index in [1.807, 2.05) is 29.0 Å². The maximum Gasteiger partial charge on any atom is 0.416 e. The van der Waals surface area contributed by atoms with Crippen LogP contribution in [0.3, 0.4) is 0 Å². The smallest absolute Gasteiger partial charge is 0.416 e. The Morgan fingerprint density at radius 1 is 1.03 bits per heavy atom. The Bertz CT molecular complexity index is 1060. The molecule has 0 aliphatic carbocycles. The number of halogens is 3. The summed E-state index contributed by atoms with van der Waals surface area (Å²) in [5, 5.41) is 0. The Kier molecular flexibility index (Phi) is 8.20. The molecule has 33 heavy (non-hydrogen) atoms. The molecule has 0 unspecified atom stereocenters. The van der Waals surface area contributed by atoms with E-state index in [0.717, 1.165) is 31.0 Å². The Hall–Kier alpha value is -3.22. The Morgan fingerprint density at radius 3 is 2.55 bits per heavy atom. The summed E-state index contributed by atoms with van der Waals surface area (Å²) in [6, 6.07) is 16.2. The molecule has 0 radical (unpaired) electrons. The van der Waals surface area contributed by atoms with Crippen LogP contribution in [0.2, 0.25) is 0 Å². The number of unbranched alkanes of at least 4 members (excludes halogenated alkanes) is 2. The fourth-order valence-electron chi connectivity index (χ4n) is 3.78. The van der Waals surface area contributed by atoms with Crippen molar-refractivity contribution < 1.29 is 22.7 Å². The predicted molar refractivity (Wildman–Crippen MR) is 122 cm³/mol. The molecule has 3 aromatic rings. The van der Waals surface area contributed by atoms with Gasteiger partial charge in [-0.15, -0.1) is 0 Å². The monoisotopic (exact) mass is 458 g/mol. The molecule has 0 fully saturated rings. The predicted octanol–water partition coefficient (Wildman–Crippen LogP) is 6.40. The van der Waals surface area contributed by atoms with Crippen LogP contribution in [-0.2, 0) is 19.3 Å². The highest BCUT2D eigenvalue weighted by Crippen LogP contribution is 2.30. The number of amides is 1. The topological polar surface area (TPSA) is 34.5 Å². The first kappa shape index (κ1) is 24.4. The van der Waals surface area contributed by atoms with Gasteiger partial charge in [0.1, 0.15) is 5.75 Å². The molecular formula is C26H29F3N2O2. The molecule has 0 atom stereocenters. The summed E-state index contributed by atoms with van der Waals surface area (Å²) >= 11 is 0. The molecule has 0 saturated heterocycles. The van der Waals surface area contributed by atoms with Gasteiger partial charge in [0.2, 0.25) is 0 Å². The number of carbonyl (C=O) groups excluding carboxylic acids is 1. The van der Waals surface area contributed by atoms with E-state index >= 15 is 0 Å². The van der Waals surface area contributed by atoms with Gasteiger partial charge in [0, 0.05) is 25.0 Å². The average molecular weight is 459 g/mol. The quantitative estimate of drug-likeness (QED) is 0.330. The zero-order chi connectivity index (χ0) is 23.8. The summed E-state index contributed by atoms with van der Waals surface area (Å²) in [6.07, 6.45) is 0.343. The minimum atomic E-state index is -4.38. The summed E-state index contributed by atoms with van der Waals surface area (Å²) in [6.45, 7) is 3.33. The van der Waals surface area contributed by atoms with Gasteiger partial charge >= 0.3 is 6.18 Å². The maximum absolute atomic E-state index is 13.4. The second kappa shape index (κ2) is 11.1. The lowest BCUT2D eigenvalue weighted by molar-refractivity contribution is -0.137. The minimum absolute atomic E-state index is 0.129. The number of carbonyl (C=O) groups is 1. The Balaban J connectivity index is 1.83. The standard InChI is InChI=1S/C26H29F3N2O2/c1-3-4-7-15-31(25(32)23-13-5-6-14-24(23)33-2)19-22-12-9-16-30(22)18-20-10-8-11-21(17-20)26(27,28)29/h5-6,8-14,16-17H,3-4,7,15,18-19H2,1-2H3. The van der Waals surface area contributed by atoms with Crippen LogP contribution in [0.1, 0.15) is 53.4 Å². The molecule has 0 aliphatic rings. The van der Waals surface area contributed by atoms with Crippen LogP contribution >= 0.6 is 0 Å². The number of ether oxygens (including phenoxy) is 1. The van der Waals surface area contributed by atoms with E-state index in [0.29, 0.717) is 30.0 Å². The number of nitrogens with zero attached hydrogens (tertiary/aromatic N) is 2. The van der Waals surface area contributed by atoms with Gasteiger partial charge in [-0.05, 0) is 48.4 Å². The third kappa shape index (κ3) is 6.40. The van der Waals surface area contributed by atoms with Gasteiger partial charge in [0.25, 0.3) is 5.91 Å². The summed E-state index contributed by atoms with van der Waals surface area (Å²) in [4.78, 5) is 15.2. The third-order valence-corrected chi connectivity index (χ3v) is 5.54. The van der Waals surface area contributed by atoms with E-state index < -0.39 is 11.7 Å². The Labute approximate surface area is 192 Å². The van der Waals surface area contributed by atoms with E-state index in [4.69, 9.17) is 4.74 Å². The van der Waals surface area contributed by atoms with Gasteiger partial charge in [0.15, 0.2) is 0 Å². The zero-order valence-corrected chi connectivity index (χ0v) is 18.9. The van der Waals surface area contributed by atoms with Gasteiger partial charge in [-0.2, -0.15) is 13.2 Å². The molecule has 0 bridgehead atoms. The van der Waals surface area contributed by atoms with Crippen molar-refractivity contribution in [3.63, 3.8) is 0 Å². The molecule has 0 aliphatic heterocycles. The normalized spacial score (nSPS) is 11.4. The number of hydrogen-bond acceptors (Lipinski definition) is 2. The van der Waals surface area contributed by atoms with Gasteiger partial charge in [-0.3, -0.25) is 4.79 Å². The molecule has 0 spiro atoms. The molecule has 0 saturated carbocycles. The summed E-state index contributed by atoms with van der Waals surface area (Å²) in [7, 11) is 1.54. The molecule has 1 aromatic heterocycles. The van der Waals surface area contributed by atoms with E-state index in [1.165, 1.54) is 19.2 Å². The van der Waals surface area contributed by atoms with Crippen molar-refractivity contribution in [3.8, 4) is 5.75 Å². The van der Waals surface area contributed by atoms with Crippen molar-refractivity contribution in [2.75, 3.05) is 13.7 Å². The highest BCUT2D eigenvalue weighted by Gasteiger charge is 2.30. The van der Waals surface area contributed by atoms with Crippen molar-refractivity contribution in [1.29, 1.82) is 0 Å². The van der Waals surface area contributed by atoms with Crippen molar-refractivity contribution in [2.45, 2.75) is 45.5 Å². The van der Waals surface area contributed by atoms with Crippen LogP contribution in [0.5, 0.6) is 5.75 Å². The van der Waals surface area contributed by atoms with Crippen molar-refractivity contribution >= 4 is 5.91 Å². The number of aromatic nitrogens is 1. The zero-order valence-electron chi connectivity index (χ0n) is 18.9. The molecule has 1 heterocycles. The average Bonchev–Trinajstić information content (AvgIpc) is 3.24. The van der Waals surface area contributed by atoms with Crippen molar-refractivity contribution in [1.82, 2.24) is 9.47 Å². The van der Waals surface area contributed by atoms with Crippen molar-refractivity contribution in [3.05, 3.63) is 89.2 Å². The number of methoxy groups -OCH3 is 1. The largest absolute Gasteiger partial charge is 0.496 e. The number of hydrogen-bond donors (Lipinski definition) is 0. The molecule has 3 rings (SSSR count). The van der Waals surface area contributed by atoms with E-state index in [-0.39, 0.29) is 12.5 Å².